The van der Waals surface area contributed by atoms with E-state index in [1.54, 1.807) is 6.92 Å². The average molecular weight is 256 g/mol. The molecule has 0 saturated carbocycles. The van der Waals surface area contributed by atoms with E-state index in [-0.39, 0.29) is 29.5 Å². The van der Waals surface area contributed by atoms with Crippen LogP contribution in [-0.2, 0) is 4.79 Å². The minimum absolute atomic E-state index is 0.282. The Kier molecular flexibility index (Phi) is 5.22. The molecule has 0 aliphatic heterocycles. The van der Waals surface area contributed by atoms with Crippen molar-refractivity contribution in [1.82, 2.24) is 5.32 Å². The molecule has 0 saturated heterocycles. The average Bonchev–Trinajstić information content (AvgIpc) is 2.28. The van der Waals surface area contributed by atoms with E-state index in [1.165, 1.54) is 19.1 Å². The molecule has 1 unspecified atom stereocenters. The van der Waals surface area contributed by atoms with Crippen molar-refractivity contribution in [3.8, 4) is 0 Å². The van der Waals surface area contributed by atoms with Crippen LogP contribution in [0.5, 0.6) is 0 Å². The van der Waals surface area contributed by atoms with Gasteiger partial charge in [-0.3, -0.25) is 4.79 Å². The highest BCUT2D eigenvalue weighted by Crippen LogP contribution is 2.20. The molecule has 100 valence electrons. The summed E-state index contributed by atoms with van der Waals surface area (Å²) < 4.78 is 27.0. The first-order valence-electron chi connectivity index (χ1n) is 5.89. The second-order valence-electron chi connectivity index (χ2n) is 4.37. The van der Waals surface area contributed by atoms with Gasteiger partial charge in [0.05, 0.1) is 0 Å². The van der Waals surface area contributed by atoms with Gasteiger partial charge in [0.15, 0.2) is 0 Å². The number of rotatable bonds is 6. The lowest BCUT2D eigenvalue weighted by molar-refractivity contribution is -0.118. The Labute approximate surface area is 105 Å². The number of nitrogens with two attached hydrogens (primary N) is 1. The van der Waals surface area contributed by atoms with Crippen molar-refractivity contribution in [3.05, 3.63) is 34.9 Å². The molecule has 0 bridgehead atoms. The summed E-state index contributed by atoms with van der Waals surface area (Å²) in [5, 5.41) is 3.03. The van der Waals surface area contributed by atoms with Crippen molar-refractivity contribution < 1.29 is 13.6 Å². The fourth-order valence-electron chi connectivity index (χ4n) is 1.68. The molecule has 1 atom stereocenters. The molecular formula is C13H18F2N2O. The molecule has 0 fully saturated rings. The monoisotopic (exact) mass is 256 g/mol. The van der Waals surface area contributed by atoms with Crippen LogP contribution in [0.1, 0.15) is 36.9 Å². The van der Waals surface area contributed by atoms with E-state index >= 15 is 0 Å². The quantitative estimate of drug-likeness (QED) is 0.766. The number of carbonyl (C=O) groups excluding carboxylic acids is 1. The molecule has 1 aromatic rings. The predicted molar refractivity (Wildman–Crippen MR) is 65.9 cm³/mol. The fraction of sp³-hybridized carbons (Fsp3) is 0.462. The molecule has 0 radical (unpaired) electrons. The lowest BCUT2D eigenvalue weighted by Gasteiger charge is -2.15. The summed E-state index contributed by atoms with van der Waals surface area (Å²) in [6.07, 6.45) is 0.861. The third-order valence-corrected chi connectivity index (χ3v) is 2.79. The second kappa shape index (κ2) is 6.44. The topological polar surface area (TPSA) is 55.1 Å². The molecule has 0 heterocycles. The van der Waals surface area contributed by atoms with Gasteiger partial charge in [0.1, 0.15) is 11.6 Å². The van der Waals surface area contributed by atoms with Crippen molar-refractivity contribution in [3.63, 3.8) is 0 Å². The van der Waals surface area contributed by atoms with Gasteiger partial charge in [-0.25, -0.2) is 8.78 Å². The first-order valence-corrected chi connectivity index (χ1v) is 5.89. The number of benzene rings is 1. The van der Waals surface area contributed by atoms with Gasteiger partial charge in [-0.15, -0.1) is 0 Å². The number of amides is 1. The van der Waals surface area contributed by atoms with Crippen molar-refractivity contribution >= 4 is 5.91 Å². The normalized spacial score (nSPS) is 12.4. The SMILES string of the molecule is Cc1cc(F)c(C(C)NCCCC(N)=O)cc1F. The molecule has 3 nitrogen and oxygen atoms in total. The number of hydrogen-bond acceptors (Lipinski definition) is 2. The minimum Gasteiger partial charge on any atom is -0.370 e. The Hall–Kier alpha value is -1.49. The van der Waals surface area contributed by atoms with Crippen LogP contribution in [0.2, 0.25) is 0 Å². The van der Waals surface area contributed by atoms with E-state index in [2.05, 4.69) is 5.32 Å². The summed E-state index contributed by atoms with van der Waals surface area (Å²) in [5.74, 6) is -1.21. The zero-order valence-corrected chi connectivity index (χ0v) is 10.6. The number of aryl methyl sites for hydroxylation is 1. The highest BCUT2D eigenvalue weighted by molar-refractivity contribution is 5.73. The van der Waals surface area contributed by atoms with Gasteiger partial charge in [0, 0.05) is 18.0 Å². The summed E-state index contributed by atoms with van der Waals surface area (Å²) in [6.45, 7) is 3.80. The molecule has 0 spiro atoms. The van der Waals surface area contributed by atoms with Crippen LogP contribution in [0.25, 0.3) is 0 Å². The van der Waals surface area contributed by atoms with Crippen LogP contribution in [0, 0.1) is 18.6 Å². The lowest BCUT2D eigenvalue weighted by atomic mass is 10.0. The molecular weight excluding hydrogens is 238 g/mol. The number of halogens is 2. The van der Waals surface area contributed by atoms with Crippen LogP contribution in [0.3, 0.4) is 0 Å². The highest BCUT2D eigenvalue weighted by Gasteiger charge is 2.13. The zero-order chi connectivity index (χ0) is 13.7. The van der Waals surface area contributed by atoms with Crippen molar-refractivity contribution in [2.45, 2.75) is 32.7 Å². The summed E-state index contributed by atoms with van der Waals surface area (Å²) >= 11 is 0. The minimum atomic E-state index is -0.427. The second-order valence-corrected chi connectivity index (χ2v) is 4.37. The third kappa shape index (κ3) is 4.07. The summed E-state index contributed by atoms with van der Waals surface area (Å²) in [6, 6.07) is 2.08. The van der Waals surface area contributed by atoms with Crippen molar-refractivity contribution in [2.24, 2.45) is 5.73 Å². The standard InChI is InChI=1S/C13H18F2N2O/c1-8-6-12(15)10(7-11(8)14)9(2)17-5-3-4-13(16)18/h6-7,9,17H,3-5H2,1-2H3,(H2,16,18). The maximum absolute atomic E-state index is 13.6. The van der Waals surface area contributed by atoms with E-state index < -0.39 is 11.6 Å². The molecule has 1 aromatic carbocycles. The maximum Gasteiger partial charge on any atom is 0.217 e. The van der Waals surface area contributed by atoms with E-state index in [0.717, 1.165) is 0 Å². The van der Waals surface area contributed by atoms with Gasteiger partial charge in [0.25, 0.3) is 0 Å². The molecule has 0 aliphatic rings. The Morgan fingerprint density at radius 3 is 2.67 bits per heavy atom. The fourth-order valence-corrected chi connectivity index (χ4v) is 1.68. The Balaban J connectivity index is 2.58. The Morgan fingerprint density at radius 1 is 1.39 bits per heavy atom. The molecule has 3 N–H and O–H groups in total. The lowest BCUT2D eigenvalue weighted by Crippen LogP contribution is -2.22. The van der Waals surface area contributed by atoms with Crippen LogP contribution in [0.4, 0.5) is 8.78 Å². The van der Waals surface area contributed by atoms with Gasteiger partial charge in [-0.1, -0.05) is 0 Å². The molecule has 1 amide bonds. The van der Waals surface area contributed by atoms with E-state index in [9.17, 15) is 13.6 Å². The zero-order valence-electron chi connectivity index (χ0n) is 10.6. The molecule has 1 rings (SSSR count). The van der Waals surface area contributed by atoms with E-state index in [4.69, 9.17) is 5.73 Å². The van der Waals surface area contributed by atoms with Crippen LogP contribution in [-0.4, -0.2) is 12.5 Å². The highest BCUT2D eigenvalue weighted by atomic mass is 19.1. The predicted octanol–water partition coefficient (Wildman–Crippen LogP) is 2.19. The number of hydrogen-bond donors (Lipinski definition) is 2. The van der Waals surface area contributed by atoms with Crippen LogP contribution >= 0.6 is 0 Å². The number of carbonyl (C=O) groups is 1. The van der Waals surface area contributed by atoms with Gasteiger partial charge in [-0.2, -0.15) is 0 Å². The summed E-state index contributed by atoms with van der Waals surface area (Å²) in [4.78, 5) is 10.5. The van der Waals surface area contributed by atoms with Crippen LogP contribution in [0.15, 0.2) is 12.1 Å². The van der Waals surface area contributed by atoms with Gasteiger partial charge in [0.2, 0.25) is 5.91 Å². The first-order chi connectivity index (χ1) is 8.41. The van der Waals surface area contributed by atoms with E-state index in [0.29, 0.717) is 13.0 Å². The number of primary amides is 1. The maximum atomic E-state index is 13.6. The molecule has 0 aliphatic carbocycles. The number of nitrogens with one attached hydrogen (secondary N) is 1. The first kappa shape index (κ1) is 14.6. The molecule has 0 aromatic heterocycles. The molecule has 5 heteroatoms. The summed E-state index contributed by atoms with van der Waals surface area (Å²) in [7, 11) is 0. The Morgan fingerprint density at radius 2 is 2.06 bits per heavy atom. The van der Waals surface area contributed by atoms with Crippen molar-refractivity contribution in [2.75, 3.05) is 6.54 Å². The Bertz CT molecular complexity index is 435. The largest absolute Gasteiger partial charge is 0.370 e. The van der Waals surface area contributed by atoms with Gasteiger partial charge < -0.3 is 11.1 Å². The van der Waals surface area contributed by atoms with Crippen LogP contribution < -0.4 is 11.1 Å². The third-order valence-electron chi connectivity index (χ3n) is 2.79. The van der Waals surface area contributed by atoms with Gasteiger partial charge >= 0.3 is 0 Å². The van der Waals surface area contributed by atoms with Gasteiger partial charge in [-0.05, 0) is 44.5 Å². The smallest absolute Gasteiger partial charge is 0.217 e. The van der Waals surface area contributed by atoms with Crippen molar-refractivity contribution in [1.29, 1.82) is 0 Å². The van der Waals surface area contributed by atoms with E-state index in [1.807, 2.05) is 0 Å². The summed E-state index contributed by atoms with van der Waals surface area (Å²) in [5.41, 5.74) is 5.58. The molecule has 18 heavy (non-hydrogen) atoms.